The minimum atomic E-state index is -3.07. The zero-order chi connectivity index (χ0) is 17.9. The average molecular weight is 364 g/mol. The molecule has 0 spiro atoms. The molecule has 2 aliphatic rings. The number of nitrogens with zero attached hydrogens (tertiary/aromatic N) is 2. The van der Waals surface area contributed by atoms with Crippen LogP contribution in [0.4, 0.5) is 5.82 Å². The van der Waals surface area contributed by atoms with Gasteiger partial charge in [0.05, 0.1) is 10.8 Å². The van der Waals surface area contributed by atoms with Crippen molar-refractivity contribution >= 4 is 21.7 Å². The standard InChI is InChI=1S/C17H24N4O3S/c1-2-9-18-17(22)13-3-6-16(19-12-13)20-14-7-10-21(11-8-14)25(23,24)15-4-5-15/h2-3,6,12,14-15H,1,4-5,7-11H2,(H,18,22)(H,19,20). The van der Waals surface area contributed by atoms with Gasteiger partial charge in [0.25, 0.3) is 5.91 Å². The molecule has 0 radical (unpaired) electrons. The molecule has 2 heterocycles. The van der Waals surface area contributed by atoms with Crippen LogP contribution in [0.5, 0.6) is 0 Å². The molecule has 1 aliphatic heterocycles. The van der Waals surface area contributed by atoms with Crippen LogP contribution in [0.25, 0.3) is 0 Å². The van der Waals surface area contributed by atoms with Crippen molar-refractivity contribution in [2.45, 2.75) is 37.0 Å². The van der Waals surface area contributed by atoms with Crippen molar-refractivity contribution in [2.24, 2.45) is 0 Å². The number of anilines is 1. The average Bonchev–Trinajstić information content (AvgIpc) is 3.46. The third-order valence-electron chi connectivity index (χ3n) is 4.54. The highest BCUT2D eigenvalue weighted by molar-refractivity contribution is 7.90. The highest BCUT2D eigenvalue weighted by atomic mass is 32.2. The number of nitrogens with one attached hydrogen (secondary N) is 2. The Morgan fingerprint density at radius 3 is 2.56 bits per heavy atom. The van der Waals surface area contributed by atoms with E-state index < -0.39 is 10.0 Å². The van der Waals surface area contributed by atoms with Gasteiger partial charge in [-0.1, -0.05) is 6.08 Å². The molecule has 25 heavy (non-hydrogen) atoms. The summed E-state index contributed by atoms with van der Waals surface area (Å²) in [6.07, 6.45) is 6.28. The normalized spacial score (nSPS) is 19.4. The van der Waals surface area contributed by atoms with E-state index in [9.17, 15) is 13.2 Å². The zero-order valence-electron chi connectivity index (χ0n) is 14.1. The molecular formula is C17H24N4O3S. The number of piperidine rings is 1. The summed E-state index contributed by atoms with van der Waals surface area (Å²) in [7, 11) is -3.07. The van der Waals surface area contributed by atoms with Crippen molar-refractivity contribution in [2.75, 3.05) is 25.0 Å². The third kappa shape index (κ3) is 4.38. The molecule has 2 N–H and O–H groups in total. The van der Waals surface area contributed by atoms with Gasteiger partial charge in [-0.15, -0.1) is 6.58 Å². The van der Waals surface area contributed by atoms with Crippen LogP contribution in [0.2, 0.25) is 0 Å². The van der Waals surface area contributed by atoms with Gasteiger partial charge in [-0.25, -0.2) is 17.7 Å². The summed E-state index contributed by atoms with van der Waals surface area (Å²) < 4.78 is 26.1. The van der Waals surface area contributed by atoms with Gasteiger partial charge in [0.1, 0.15) is 5.82 Å². The molecule has 7 nitrogen and oxygen atoms in total. The summed E-state index contributed by atoms with van der Waals surface area (Å²) in [6, 6.07) is 3.69. The fourth-order valence-electron chi connectivity index (χ4n) is 2.92. The molecule has 1 amide bonds. The maximum atomic E-state index is 12.2. The Morgan fingerprint density at radius 2 is 2.00 bits per heavy atom. The van der Waals surface area contributed by atoms with Crippen LogP contribution in [0, 0.1) is 0 Å². The first kappa shape index (κ1) is 17.9. The first-order chi connectivity index (χ1) is 12.0. The molecule has 2 fully saturated rings. The Balaban J connectivity index is 1.50. The summed E-state index contributed by atoms with van der Waals surface area (Å²) >= 11 is 0. The fourth-order valence-corrected chi connectivity index (χ4v) is 4.79. The second-order valence-corrected chi connectivity index (χ2v) is 8.71. The summed E-state index contributed by atoms with van der Waals surface area (Å²) in [6.45, 7) is 5.08. The smallest absolute Gasteiger partial charge is 0.253 e. The Morgan fingerprint density at radius 1 is 1.28 bits per heavy atom. The maximum absolute atomic E-state index is 12.2. The maximum Gasteiger partial charge on any atom is 0.253 e. The van der Waals surface area contributed by atoms with Crippen LogP contribution in [-0.4, -0.2) is 54.5 Å². The van der Waals surface area contributed by atoms with E-state index in [1.54, 1.807) is 22.5 Å². The molecule has 3 rings (SSSR count). The number of pyridine rings is 1. The predicted octanol–water partition coefficient (Wildman–Crippen LogP) is 1.37. The zero-order valence-corrected chi connectivity index (χ0v) is 15.0. The second-order valence-electron chi connectivity index (χ2n) is 6.49. The van der Waals surface area contributed by atoms with E-state index in [2.05, 4.69) is 22.2 Å². The Labute approximate surface area is 148 Å². The number of amides is 1. The quantitative estimate of drug-likeness (QED) is 0.713. The van der Waals surface area contributed by atoms with Gasteiger partial charge in [-0.3, -0.25) is 4.79 Å². The van der Waals surface area contributed by atoms with E-state index >= 15 is 0 Å². The van der Waals surface area contributed by atoms with Crippen molar-refractivity contribution in [3.63, 3.8) is 0 Å². The first-order valence-corrected chi connectivity index (χ1v) is 10.1. The third-order valence-corrected chi connectivity index (χ3v) is 6.94. The van der Waals surface area contributed by atoms with Crippen molar-refractivity contribution < 1.29 is 13.2 Å². The first-order valence-electron chi connectivity index (χ1n) is 8.61. The minimum absolute atomic E-state index is 0.140. The Bertz CT molecular complexity index is 721. The Hall–Kier alpha value is -1.93. The molecule has 1 saturated heterocycles. The highest BCUT2D eigenvalue weighted by Gasteiger charge is 2.41. The number of carbonyl (C=O) groups is 1. The van der Waals surface area contributed by atoms with Crippen LogP contribution < -0.4 is 10.6 Å². The Kier molecular flexibility index (Phi) is 5.39. The van der Waals surface area contributed by atoms with Crippen molar-refractivity contribution in [3.8, 4) is 0 Å². The molecular weight excluding hydrogens is 340 g/mol. The molecule has 136 valence electrons. The second kappa shape index (κ2) is 7.53. The van der Waals surface area contributed by atoms with Crippen molar-refractivity contribution in [1.29, 1.82) is 0 Å². The van der Waals surface area contributed by atoms with E-state index in [4.69, 9.17) is 0 Å². The molecule has 0 aromatic carbocycles. The number of hydrogen-bond donors (Lipinski definition) is 2. The van der Waals surface area contributed by atoms with E-state index in [1.807, 2.05) is 0 Å². The molecule has 1 saturated carbocycles. The van der Waals surface area contributed by atoms with Crippen LogP contribution in [0.1, 0.15) is 36.0 Å². The molecule has 1 aromatic heterocycles. The fraction of sp³-hybridized carbons (Fsp3) is 0.529. The van der Waals surface area contributed by atoms with Crippen LogP contribution in [-0.2, 0) is 10.0 Å². The molecule has 0 bridgehead atoms. The van der Waals surface area contributed by atoms with Gasteiger partial charge in [0, 0.05) is 31.9 Å². The molecule has 1 aromatic rings. The number of rotatable bonds is 7. The van der Waals surface area contributed by atoms with Gasteiger partial charge in [0.15, 0.2) is 0 Å². The summed E-state index contributed by atoms with van der Waals surface area (Å²) in [5.41, 5.74) is 0.498. The highest BCUT2D eigenvalue weighted by Crippen LogP contribution is 2.32. The van der Waals surface area contributed by atoms with Gasteiger partial charge in [0.2, 0.25) is 10.0 Å². The lowest BCUT2D eigenvalue weighted by molar-refractivity contribution is 0.0957. The summed E-state index contributed by atoms with van der Waals surface area (Å²) in [5.74, 6) is 0.515. The number of hydrogen-bond acceptors (Lipinski definition) is 5. The van der Waals surface area contributed by atoms with E-state index in [1.165, 1.54) is 6.20 Å². The number of aromatic nitrogens is 1. The van der Waals surface area contributed by atoms with Crippen LogP contribution >= 0.6 is 0 Å². The molecule has 1 aliphatic carbocycles. The largest absolute Gasteiger partial charge is 0.367 e. The lowest BCUT2D eigenvalue weighted by Gasteiger charge is -2.31. The summed E-state index contributed by atoms with van der Waals surface area (Å²) in [5, 5.41) is 5.89. The molecule has 0 atom stereocenters. The van der Waals surface area contributed by atoms with Crippen molar-refractivity contribution in [1.82, 2.24) is 14.6 Å². The number of carbonyl (C=O) groups excluding carboxylic acids is 1. The monoisotopic (exact) mass is 364 g/mol. The number of sulfonamides is 1. The predicted molar refractivity (Wildman–Crippen MR) is 96.9 cm³/mol. The lowest BCUT2D eigenvalue weighted by atomic mass is 10.1. The van der Waals surface area contributed by atoms with Gasteiger partial charge < -0.3 is 10.6 Å². The van der Waals surface area contributed by atoms with Gasteiger partial charge >= 0.3 is 0 Å². The summed E-state index contributed by atoms with van der Waals surface area (Å²) in [4.78, 5) is 16.1. The topological polar surface area (TPSA) is 91.4 Å². The van der Waals surface area contributed by atoms with Gasteiger partial charge in [-0.2, -0.15) is 0 Å². The van der Waals surface area contributed by atoms with E-state index in [0.717, 1.165) is 25.7 Å². The van der Waals surface area contributed by atoms with E-state index in [0.29, 0.717) is 31.0 Å². The molecule has 0 unspecified atom stereocenters. The van der Waals surface area contributed by atoms with Gasteiger partial charge in [-0.05, 0) is 37.8 Å². The van der Waals surface area contributed by atoms with Crippen LogP contribution in [0.3, 0.4) is 0 Å². The minimum Gasteiger partial charge on any atom is -0.367 e. The lowest BCUT2D eigenvalue weighted by Crippen LogP contribution is -2.43. The SMILES string of the molecule is C=CCNC(=O)c1ccc(NC2CCN(S(=O)(=O)C3CC3)CC2)nc1. The molecule has 8 heteroatoms. The van der Waals surface area contributed by atoms with Crippen molar-refractivity contribution in [3.05, 3.63) is 36.5 Å². The van der Waals surface area contributed by atoms with Crippen LogP contribution in [0.15, 0.2) is 31.0 Å². The van der Waals surface area contributed by atoms with E-state index in [-0.39, 0.29) is 17.2 Å².